The number of hydrogen-bond acceptors (Lipinski definition) is 7. The number of aromatic nitrogens is 3. The second kappa shape index (κ2) is 9.25. The Morgan fingerprint density at radius 2 is 1.94 bits per heavy atom. The third kappa shape index (κ3) is 4.58. The lowest BCUT2D eigenvalue weighted by Crippen LogP contribution is -2.15. The lowest BCUT2D eigenvalue weighted by molar-refractivity contribution is 0.102. The fourth-order valence-corrected chi connectivity index (χ4v) is 5.00. The molecule has 0 saturated carbocycles. The van der Waals surface area contributed by atoms with Crippen LogP contribution in [0.4, 0.5) is 5.13 Å². The van der Waals surface area contributed by atoms with Crippen molar-refractivity contribution in [3.63, 3.8) is 0 Å². The highest BCUT2D eigenvalue weighted by Crippen LogP contribution is 2.30. The molecule has 0 aliphatic rings. The molecule has 1 amide bonds. The summed E-state index contributed by atoms with van der Waals surface area (Å²) in [5, 5.41) is 21.4. The minimum absolute atomic E-state index is 0.203. The van der Waals surface area contributed by atoms with Crippen molar-refractivity contribution in [3.8, 4) is 6.07 Å². The summed E-state index contributed by atoms with van der Waals surface area (Å²) in [6.07, 6.45) is 0.756. The van der Waals surface area contributed by atoms with Crippen LogP contribution in [0.5, 0.6) is 0 Å². The number of rotatable bonds is 6. The highest BCUT2D eigenvalue weighted by atomic mass is 32.2. The summed E-state index contributed by atoms with van der Waals surface area (Å²) >= 11 is 2.89. The molecule has 6 nitrogen and oxygen atoms in total. The van der Waals surface area contributed by atoms with Crippen LogP contribution >= 0.6 is 23.1 Å². The first kappa shape index (κ1) is 21.0. The molecule has 2 heterocycles. The molecule has 31 heavy (non-hydrogen) atoms. The molecule has 0 atom stereocenters. The summed E-state index contributed by atoms with van der Waals surface area (Å²) in [6.45, 7) is 3.97. The molecule has 0 radical (unpaired) electrons. The Balaban J connectivity index is 1.50. The monoisotopic (exact) mass is 445 g/mol. The maximum Gasteiger partial charge on any atom is 0.258 e. The van der Waals surface area contributed by atoms with Gasteiger partial charge in [0.25, 0.3) is 5.91 Å². The third-order valence-corrected chi connectivity index (χ3v) is 6.91. The van der Waals surface area contributed by atoms with E-state index in [1.54, 1.807) is 23.9 Å². The minimum atomic E-state index is -0.203. The molecule has 8 heteroatoms. The molecule has 0 aliphatic heterocycles. The van der Waals surface area contributed by atoms with Crippen LogP contribution < -0.4 is 5.32 Å². The quantitative estimate of drug-likeness (QED) is 0.317. The molecule has 154 valence electrons. The van der Waals surface area contributed by atoms with Crippen LogP contribution in [0.3, 0.4) is 0 Å². The Labute approximate surface area is 188 Å². The summed E-state index contributed by atoms with van der Waals surface area (Å²) in [5.74, 6) is 0.507. The number of benzene rings is 2. The first-order valence-corrected chi connectivity index (χ1v) is 11.5. The zero-order valence-electron chi connectivity index (χ0n) is 17.0. The van der Waals surface area contributed by atoms with E-state index in [1.165, 1.54) is 11.3 Å². The van der Waals surface area contributed by atoms with Crippen LogP contribution in [0.25, 0.3) is 10.9 Å². The fraction of sp³-hybridized carbons (Fsp3) is 0.174. The van der Waals surface area contributed by atoms with Gasteiger partial charge in [0.1, 0.15) is 0 Å². The fourth-order valence-electron chi connectivity index (χ4n) is 3.29. The van der Waals surface area contributed by atoms with E-state index in [9.17, 15) is 4.79 Å². The molecule has 4 aromatic rings. The Kier molecular flexibility index (Phi) is 6.26. The molecular formula is C23H19N5OS2. The third-order valence-electron chi connectivity index (χ3n) is 4.87. The van der Waals surface area contributed by atoms with E-state index in [0.717, 1.165) is 38.5 Å². The standard InChI is InChI=1S/C23H19N5OS2/c1-3-18-14(2)20(17-6-4-5-7-19(17)25-18)21(29)26-22-27-28-23(31-22)30-13-16-10-8-15(12-24)9-11-16/h4-11H,3,13H2,1-2H3,(H,26,27,29). The number of carbonyl (C=O) groups excluding carboxylic acids is 1. The lowest BCUT2D eigenvalue weighted by atomic mass is 9.99. The van der Waals surface area contributed by atoms with E-state index in [4.69, 9.17) is 5.26 Å². The number of hydrogen-bond donors (Lipinski definition) is 1. The van der Waals surface area contributed by atoms with E-state index >= 15 is 0 Å². The van der Waals surface area contributed by atoms with Gasteiger partial charge in [0.15, 0.2) is 4.34 Å². The predicted molar refractivity (Wildman–Crippen MR) is 124 cm³/mol. The van der Waals surface area contributed by atoms with Crippen LogP contribution in [0, 0.1) is 18.3 Å². The van der Waals surface area contributed by atoms with Crippen LogP contribution in [-0.4, -0.2) is 21.1 Å². The highest BCUT2D eigenvalue weighted by molar-refractivity contribution is 8.00. The van der Waals surface area contributed by atoms with Crippen molar-refractivity contribution >= 4 is 45.0 Å². The molecule has 4 rings (SSSR count). The van der Waals surface area contributed by atoms with Crippen molar-refractivity contribution in [2.45, 2.75) is 30.4 Å². The molecule has 2 aromatic heterocycles. The normalized spacial score (nSPS) is 10.7. The van der Waals surface area contributed by atoms with Gasteiger partial charge < -0.3 is 0 Å². The van der Waals surface area contributed by atoms with Gasteiger partial charge in [-0.2, -0.15) is 5.26 Å². The van der Waals surface area contributed by atoms with E-state index in [0.29, 0.717) is 22.0 Å². The van der Waals surface area contributed by atoms with Gasteiger partial charge in [0, 0.05) is 16.8 Å². The van der Waals surface area contributed by atoms with Crippen molar-refractivity contribution in [1.82, 2.24) is 15.2 Å². The van der Waals surface area contributed by atoms with Crippen molar-refractivity contribution in [2.75, 3.05) is 5.32 Å². The number of nitrogens with zero attached hydrogens (tertiary/aromatic N) is 4. The highest BCUT2D eigenvalue weighted by Gasteiger charge is 2.19. The number of nitrogens with one attached hydrogen (secondary N) is 1. The smallest absolute Gasteiger partial charge is 0.258 e. The molecule has 2 aromatic carbocycles. The summed E-state index contributed by atoms with van der Waals surface area (Å²) < 4.78 is 0.769. The minimum Gasteiger partial charge on any atom is -0.296 e. The SMILES string of the molecule is CCc1nc2ccccc2c(C(=O)Nc2nnc(SCc3ccc(C#N)cc3)s2)c1C. The summed E-state index contributed by atoms with van der Waals surface area (Å²) in [4.78, 5) is 17.8. The predicted octanol–water partition coefficient (Wildman–Crippen LogP) is 5.37. The first-order valence-electron chi connectivity index (χ1n) is 9.74. The summed E-state index contributed by atoms with van der Waals surface area (Å²) in [5.41, 5.74) is 4.98. The van der Waals surface area contributed by atoms with E-state index in [1.807, 2.05) is 50.2 Å². The van der Waals surface area contributed by atoms with Gasteiger partial charge in [-0.25, -0.2) is 0 Å². The Morgan fingerprint density at radius 1 is 1.16 bits per heavy atom. The molecular weight excluding hydrogens is 426 g/mol. The summed E-state index contributed by atoms with van der Waals surface area (Å²) in [7, 11) is 0. The first-order chi connectivity index (χ1) is 15.1. The number of pyridine rings is 1. The molecule has 0 unspecified atom stereocenters. The molecule has 0 aliphatic carbocycles. The van der Waals surface area contributed by atoms with E-state index < -0.39 is 0 Å². The van der Waals surface area contributed by atoms with Crippen LogP contribution in [0.2, 0.25) is 0 Å². The maximum atomic E-state index is 13.1. The van der Waals surface area contributed by atoms with Crippen molar-refractivity contribution in [2.24, 2.45) is 0 Å². The van der Waals surface area contributed by atoms with Gasteiger partial charge in [0.05, 0.1) is 22.7 Å². The van der Waals surface area contributed by atoms with Gasteiger partial charge in [0.2, 0.25) is 5.13 Å². The van der Waals surface area contributed by atoms with Gasteiger partial charge in [-0.15, -0.1) is 10.2 Å². The van der Waals surface area contributed by atoms with Gasteiger partial charge >= 0.3 is 0 Å². The number of fused-ring (bicyclic) bond motifs is 1. The molecule has 0 saturated heterocycles. The van der Waals surface area contributed by atoms with E-state index in [2.05, 4.69) is 26.6 Å². The number of carbonyl (C=O) groups is 1. The number of nitriles is 1. The van der Waals surface area contributed by atoms with Crippen molar-refractivity contribution < 1.29 is 4.79 Å². The molecule has 0 spiro atoms. The number of para-hydroxylation sites is 1. The van der Waals surface area contributed by atoms with Gasteiger partial charge in [-0.3, -0.25) is 15.1 Å². The lowest BCUT2D eigenvalue weighted by Gasteiger charge is -2.12. The van der Waals surface area contributed by atoms with Crippen molar-refractivity contribution in [3.05, 3.63) is 76.5 Å². The Morgan fingerprint density at radius 3 is 2.68 bits per heavy atom. The largest absolute Gasteiger partial charge is 0.296 e. The average Bonchev–Trinajstić information content (AvgIpc) is 3.24. The maximum absolute atomic E-state index is 13.1. The number of aryl methyl sites for hydroxylation is 1. The van der Waals surface area contributed by atoms with E-state index in [-0.39, 0.29) is 5.91 Å². The Bertz CT molecular complexity index is 1290. The van der Waals surface area contributed by atoms with Gasteiger partial charge in [-0.05, 0) is 42.7 Å². The van der Waals surface area contributed by atoms with Crippen LogP contribution in [0.15, 0.2) is 52.9 Å². The number of anilines is 1. The second-order valence-corrected chi connectivity index (χ2v) is 9.05. The molecule has 1 N–H and O–H groups in total. The molecule has 0 bridgehead atoms. The van der Waals surface area contributed by atoms with Gasteiger partial charge in [-0.1, -0.05) is 60.4 Å². The van der Waals surface area contributed by atoms with Crippen LogP contribution in [-0.2, 0) is 12.2 Å². The number of amides is 1. The number of thioether (sulfide) groups is 1. The van der Waals surface area contributed by atoms with Crippen LogP contribution in [0.1, 0.15) is 39.7 Å². The second-order valence-electron chi connectivity index (χ2n) is 6.85. The Hall–Kier alpha value is -3.28. The zero-order chi connectivity index (χ0) is 21.8. The molecule has 0 fully saturated rings. The van der Waals surface area contributed by atoms with Crippen molar-refractivity contribution in [1.29, 1.82) is 5.26 Å². The zero-order valence-corrected chi connectivity index (χ0v) is 18.7. The average molecular weight is 446 g/mol. The topological polar surface area (TPSA) is 91.6 Å². The summed E-state index contributed by atoms with van der Waals surface area (Å²) in [6, 6.07) is 17.2.